The van der Waals surface area contributed by atoms with Gasteiger partial charge in [-0.3, -0.25) is 0 Å². The molecule has 0 spiro atoms. The molecule has 0 aromatic rings. The van der Waals surface area contributed by atoms with Gasteiger partial charge in [0.25, 0.3) is 0 Å². The van der Waals surface area contributed by atoms with Gasteiger partial charge >= 0.3 is 0 Å². The number of hydrogen-bond donors (Lipinski definition) is 0. The van der Waals surface area contributed by atoms with Crippen molar-refractivity contribution in [3.8, 4) is 0 Å². The first-order chi connectivity index (χ1) is 4.63. The molecule has 1 unspecified atom stereocenters. The monoisotopic (exact) mass is 180 g/mol. The van der Waals surface area contributed by atoms with Gasteiger partial charge in [0.1, 0.15) is 5.83 Å². The summed E-state index contributed by atoms with van der Waals surface area (Å²) in [5, 5.41) is -0.462. The molecule has 10 heavy (non-hydrogen) atoms. The Kier molecular flexibility index (Phi) is 2.37. The highest BCUT2D eigenvalue weighted by Crippen LogP contribution is 2.30. The van der Waals surface area contributed by atoms with Crippen molar-refractivity contribution in [2.24, 2.45) is 5.92 Å². The van der Waals surface area contributed by atoms with Crippen LogP contribution in [0.15, 0.2) is 23.0 Å². The normalized spacial score (nSPS) is 33.2. The molecule has 0 aliphatic heterocycles. The first-order valence-corrected chi connectivity index (χ1v) is 3.82. The molecule has 0 bridgehead atoms. The molecule has 0 heterocycles. The Balaban J connectivity index is 2.88. The minimum atomic E-state index is -0.586. The fourth-order valence-corrected chi connectivity index (χ4v) is 1.22. The lowest BCUT2D eigenvalue weighted by molar-refractivity contribution is 0.539. The molecular weight excluding hydrogens is 174 g/mol. The van der Waals surface area contributed by atoms with E-state index in [4.69, 9.17) is 23.2 Å². The van der Waals surface area contributed by atoms with Crippen molar-refractivity contribution in [3.63, 3.8) is 0 Å². The first kappa shape index (κ1) is 8.09. The molecule has 2 atom stereocenters. The average Bonchev–Trinajstić information content (AvgIpc) is 1.93. The predicted molar refractivity (Wildman–Crippen MR) is 41.9 cm³/mol. The summed E-state index contributed by atoms with van der Waals surface area (Å²) in [7, 11) is 0. The molecule has 0 nitrogen and oxygen atoms in total. The molecule has 0 amide bonds. The summed E-state index contributed by atoms with van der Waals surface area (Å²) in [6.07, 6.45) is 3.34. The third kappa shape index (κ3) is 1.35. The molecule has 1 aliphatic carbocycles. The molecule has 56 valence electrons. The van der Waals surface area contributed by atoms with Crippen LogP contribution < -0.4 is 0 Å². The van der Waals surface area contributed by atoms with E-state index in [1.54, 1.807) is 12.2 Å². The standard InChI is InChI=1S/C7H7Cl2F/c1-4-2-3-5(8)7(10)6(4)9/h2-4,6H,1H3/t4?,6-/m1/s1. The highest BCUT2D eigenvalue weighted by molar-refractivity contribution is 6.33. The van der Waals surface area contributed by atoms with Gasteiger partial charge in [0.15, 0.2) is 0 Å². The Labute approximate surface area is 69.3 Å². The Hall–Kier alpha value is -0.0100. The Bertz CT molecular complexity index is 196. The van der Waals surface area contributed by atoms with Gasteiger partial charge in [0, 0.05) is 0 Å². The third-order valence-corrected chi connectivity index (χ3v) is 2.37. The van der Waals surface area contributed by atoms with Gasteiger partial charge in [-0.2, -0.15) is 0 Å². The van der Waals surface area contributed by atoms with Crippen molar-refractivity contribution in [2.45, 2.75) is 12.3 Å². The maximum absolute atomic E-state index is 12.8. The lowest BCUT2D eigenvalue weighted by Gasteiger charge is -2.16. The van der Waals surface area contributed by atoms with E-state index in [1.807, 2.05) is 6.92 Å². The summed E-state index contributed by atoms with van der Waals surface area (Å²) in [5.41, 5.74) is 0. The predicted octanol–water partition coefficient (Wildman–Crippen LogP) is 3.22. The molecule has 1 rings (SSSR count). The van der Waals surface area contributed by atoms with E-state index >= 15 is 0 Å². The minimum absolute atomic E-state index is 0.0316. The van der Waals surface area contributed by atoms with Gasteiger partial charge in [-0.15, -0.1) is 11.6 Å². The van der Waals surface area contributed by atoms with Crippen molar-refractivity contribution >= 4 is 23.2 Å². The lowest BCUT2D eigenvalue weighted by Crippen LogP contribution is -2.13. The summed E-state index contributed by atoms with van der Waals surface area (Å²) in [5.74, 6) is -0.387. The van der Waals surface area contributed by atoms with E-state index in [9.17, 15) is 4.39 Å². The van der Waals surface area contributed by atoms with Crippen LogP contribution in [-0.2, 0) is 0 Å². The van der Waals surface area contributed by atoms with E-state index in [0.29, 0.717) is 0 Å². The fourth-order valence-electron chi connectivity index (χ4n) is 0.776. The van der Waals surface area contributed by atoms with Crippen LogP contribution in [0.3, 0.4) is 0 Å². The van der Waals surface area contributed by atoms with Crippen molar-refractivity contribution in [2.75, 3.05) is 0 Å². The molecule has 1 aliphatic rings. The number of halogens is 3. The van der Waals surface area contributed by atoms with Gasteiger partial charge in [-0.05, 0) is 12.0 Å². The van der Waals surface area contributed by atoms with Crippen molar-refractivity contribution in [1.29, 1.82) is 0 Å². The number of allylic oxidation sites excluding steroid dienone is 4. The average molecular weight is 181 g/mol. The molecule has 0 N–H and O–H groups in total. The van der Waals surface area contributed by atoms with Crippen LogP contribution in [0.1, 0.15) is 6.92 Å². The maximum Gasteiger partial charge on any atom is 0.137 e. The van der Waals surface area contributed by atoms with Gasteiger partial charge in [-0.25, -0.2) is 4.39 Å². The Morgan fingerprint density at radius 2 is 2.20 bits per heavy atom. The van der Waals surface area contributed by atoms with Crippen LogP contribution in [-0.4, -0.2) is 5.38 Å². The van der Waals surface area contributed by atoms with Crippen molar-refractivity contribution in [3.05, 3.63) is 23.0 Å². The van der Waals surface area contributed by atoms with Gasteiger partial charge in [0.2, 0.25) is 0 Å². The zero-order chi connectivity index (χ0) is 7.72. The van der Waals surface area contributed by atoms with E-state index < -0.39 is 11.2 Å². The molecule has 0 radical (unpaired) electrons. The molecule has 0 saturated carbocycles. The Morgan fingerprint density at radius 1 is 1.60 bits per heavy atom. The van der Waals surface area contributed by atoms with Crippen LogP contribution in [0, 0.1) is 5.92 Å². The zero-order valence-electron chi connectivity index (χ0n) is 5.44. The molecule has 3 heteroatoms. The van der Waals surface area contributed by atoms with Crippen molar-refractivity contribution < 1.29 is 4.39 Å². The first-order valence-electron chi connectivity index (χ1n) is 3.00. The highest BCUT2D eigenvalue weighted by Gasteiger charge is 2.22. The third-order valence-electron chi connectivity index (χ3n) is 1.48. The van der Waals surface area contributed by atoms with E-state index in [1.165, 1.54) is 0 Å². The van der Waals surface area contributed by atoms with Gasteiger partial charge in [-0.1, -0.05) is 24.6 Å². The molecule has 0 saturated heterocycles. The number of alkyl halides is 1. The molecule has 0 aromatic heterocycles. The maximum atomic E-state index is 12.8. The van der Waals surface area contributed by atoms with Crippen LogP contribution in [0.2, 0.25) is 0 Å². The second kappa shape index (κ2) is 2.93. The van der Waals surface area contributed by atoms with Crippen LogP contribution in [0.4, 0.5) is 4.39 Å². The SMILES string of the molecule is CC1C=CC(Cl)=C(F)[C@@H]1Cl. The summed E-state index contributed by atoms with van der Waals surface area (Å²) in [4.78, 5) is 0. The zero-order valence-corrected chi connectivity index (χ0v) is 6.96. The molecule has 0 aromatic carbocycles. The van der Waals surface area contributed by atoms with Crippen molar-refractivity contribution in [1.82, 2.24) is 0 Å². The molecule has 0 fully saturated rings. The number of rotatable bonds is 0. The van der Waals surface area contributed by atoms with Gasteiger partial charge in [0.05, 0.1) is 10.4 Å². The summed E-state index contributed by atoms with van der Waals surface area (Å²) < 4.78 is 12.8. The topological polar surface area (TPSA) is 0 Å². The van der Waals surface area contributed by atoms with Crippen LogP contribution >= 0.6 is 23.2 Å². The second-order valence-electron chi connectivity index (χ2n) is 2.32. The Morgan fingerprint density at radius 3 is 2.70 bits per heavy atom. The van der Waals surface area contributed by atoms with E-state index in [-0.39, 0.29) is 11.0 Å². The highest BCUT2D eigenvalue weighted by atomic mass is 35.5. The number of hydrogen-bond acceptors (Lipinski definition) is 0. The minimum Gasteiger partial charge on any atom is -0.209 e. The van der Waals surface area contributed by atoms with Gasteiger partial charge < -0.3 is 0 Å². The fraction of sp³-hybridized carbons (Fsp3) is 0.429. The largest absolute Gasteiger partial charge is 0.209 e. The summed E-state index contributed by atoms with van der Waals surface area (Å²) in [6, 6.07) is 0. The van der Waals surface area contributed by atoms with Crippen LogP contribution in [0.25, 0.3) is 0 Å². The van der Waals surface area contributed by atoms with Crippen LogP contribution in [0.5, 0.6) is 0 Å². The molecular formula is C7H7Cl2F. The summed E-state index contributed by atoms with van der Waals surface area (Å²) in [6.45, 7) is 1.84. The second-order valence-corrected chi connectivity index (χ2v) is 3.19. The summed E-state index contributed by atoms with van der Waals surface area (Å²) >= 11 is 11.1. The van der Waals surface area contributed by atoms with E-state index in [2.05, 4.69) is 0 Å². The van der Waals surface area contributed by atoms with E-state index in [0.717, 1.165) is 0 Å². The quantitative estimate of drug-likeness (QED) is 0.503. The lowest BCUT2D eigenvalue weighted by atomic mass is 10.0. The smallest absolute Gasteiger partial charge is 0.137 e.